The van der Waals surface area contributed by atoms with Crippen LogP contribution in [0, 0.1) is 0 Å². The molecule has 1 aliphatic carbocycles. The second-order valence-electron chi connectivity index (χ2n) is 10.8. The van der Waals surface area contributed by atoms with Gasteiger partial charge >= 0.3 is 12.3 Å². The van der Waals surface area contributed by atoms with Crippen LogP contribution in [-0.4, -0.2) is 74.0 Å². The number of pyridine rings is 1. The average molecular weight is 624 g/mol. The Morgan fingerprint density at radius 1 is 1.11 bits per heavy atom. The van der Waals surface area contributed by atoms with Crippen LogP contribution in [0.15, 0.2) is 72.2 Å². The average Bonchev–Trinajstić information content (AvgIpc) is 3.29. The zero-order chi connectivity index (χ0) is 32.0. The largest absolute Gasteiger partial charge is 0.496 e. The van der Waals surface area contributed by atoms with Gasteiger partial charge in [-0.15, -0.1) is 0 Å². The van der Waals surface area contributed by atoms with Gasteiger partial charge < -0.3 is 25.0 Å². The summed E-state index contributed by atoms with van der Waals surface area (Å²) < 4.78 is 48.8. The molecule has 0 unspecified atom stereocenters. The number of carbonyl (C=O) groups is 2. The minimum absolute atomic E-state index is 0.156. The van der Waals surface area contributed by atoms with Crippen LogP contribution >= 0.6 is 0 Å². The molecular weight excluding hydrogens is 587 g/mol. The van der Waals surface area contributed by atoms with Gasteiger partial charge in [0, 0.05) is 48.6 Å². The highest BCUT2D eigenvalue weighted by molar-refractivity contribution is 6.04. The van der Waals surface area contributed by atoms with Gasteiger partial charge in [-0.1, -0.05) is 30.4 Å². The molecule has 9 nitrogen and oxygen atoms in total. The van der Waals surface area contributed by atoms with Crippen molar-refractivity contribution in [2.24, 2.45) is 0 Å². The number of ether oxygens (including phenoxy) is 2. The maximum Gasteiger partial charge on any atom is 0.411 e. The summed E-state index contributed by atoms with van der Waals surface area (Å²) in [5.41, 5.74) is 4.80. The Hall–Kier alpha value is -4.58. The van der Waals surface area contributed by atoms with E-state index in [0.29, 0.717) is 24.9 Å². The lowest BCUT2D eigenvalue weighted by atomic mass is 9.91. The molecule has 5 rings (SSSR count). The van der Waals surface area contributed by atoms with E-state index in [1.54, 1.807) is 43.3 Å². The van der Waals surface area contributed by atoms with Crippen LogP contribution in [0.1, 0.15) is 42.1 Å². The first-order chi connectivity index (χ1) is 21.7. The highest BCUT2D eigenvalue weighted by atomic mass is 19.4. The Bertz CT molecular complexity index is 1560. The third kappa shape index (κ3) is 7.75. The first-order valence-electron chi connectivity index (χ1n) is 14.9. The van der Waals surface area contributed by atoms with Gasteiger partial charge in [0.25, 0.3) is 5.91 Å². The van der Waals surface area contributed by atoms with E-state index in [9.17, 15) is 22.8 Å². The Labute approximate surface area is 259 Å². The number of methoxy groups -OCH3 is 1. The number of hydrogen-bond acceptors (Lipinski definition) is 7. The predicted molar refractivity (Wildman–Crippen MR) is 167 cm³/mol. The third-order valence-corrected chi connectivity index (χ3v) is 7.84. The fourth-order valence-electron chi connectivity index (χ4n) is 5.62. The number of piperidine rings is 1. The highest BCUT2D eigenvalue weighted by Gasteiger charge is 2.31. The molecule has 1 saturated heterocycles. The molecule has 3 N–H and O–H groups in total. The number of rotatable bonds is 8. The van der Waals surface area contributed by atoms with Gasteiger partial charge in [-0.25, -0.2) is 9.78 Å². The molecule has 2 amide bonds. The van der Waals surface area contributed by atoms with Crippen LogP contribution in [0.3, 0.4) is 0 Å². The fourth-order valence-corrected chi connectivity index (χ4v) is 5.62. The minimum Gasteiger partial charge on any atom is -0.496 e. The Morgan fingerprint density at radius 3 is 2.64 bits per heavy atom. The van der Waals surface area contributed by atoms with Gasteiger partial charge in [0.05, 0.1) is 31.5 Å². The lowest BCUT2D eigenvalue weighted by Gasteiger charge is -2.33. The predicted octanol–water partition coefficient (Wildman–Crippen LogP) is 6.30. The summed E-state index contributed by atoms with van der Waals surface area (Å²) in [4.78, 5) is 32.4. The maximum atomic E-state index is 13.8. The Kier molecular flexibility index (Phi) is 9.92. The summed E-state index contributed by atoms with van der Waals surface area (Å²) in [5, 5.41) is 8.51. The van der Waals surface area contributed by atoms with Crippen molar-refractivity contribution in [2.75, 3.05) is 50.5 Å². The summed E-state index contributed by atoms with van der Waals surface area (Å²) >= 11 is 0. The van der Waals surface area contributed by atoms with E-state index in [0.717, 1.165) is 40.3 Å². The second-order valence-corrected chi connectivity index (χ2v) is 10.8. The number of anilines is 2. The van der Waals surface area contributed by atoms with Crippen molar-refractivity contribution in [3.8, 4) is 11.1 Å². The van der Waals surface area contributed by atoms with E-state index in [-0.39, 0.29) is 42.9 Å². The molecule has 2 aliphatic heterocycles. The van der Waals surface area contributed by atoms with Gasteiger partial charge in [-0.2, -0.15) is 13.2 Å². The summed E-state index contributed by atoms with van der Waals surface area (Å²) in [6.07, 6.45) is 8.39. The molecular formula is C33H36F3N5O4. The number of halogens is 3. The number of fused-ring (bicyclic) bond motifs is 1. The second kappa shape index (κ2) is 14.0. The standard InChI is InChI=1S/C33H36F3N5O4/c1-3-45-32(43)40-28-10-9-21(17-27(28)31(42)41-15-12-23(13-16-41)39-20-33(34,35)36)22-18-26-24(11-14-37-30(26)38-19-22)25-7-5-4-6-8-29(25)44-2/h4,6-11,17-19,23,39H,3,5,12-16,20H2,1-2H3,(H,37,38)(H,40,43). The van der Waals surface area contributed by atoms with Crippen molar-refractivity contribution in [3.63, 3.8) is 0 Å². The van der Waals surface area contributed by atoms with Crippen molar-refractivity contribution in [2.45, 2.75) is 38.4 Å². The summed E-state index contributed by atoms with van der Waals surface area (Å²) in [6, 6.07) is 6.81. The molecule has 0 bridgehead atoms. The SMILES string of the molecule is CCOC(=O)Nc1ccc(-c2cnc3c(c2)C(C2=CCC=CC=C2OC)=CCN3)cc1C(=O)N1CCC(NCC(F)(F)F)CC1. The van der Waals surface area contributed by atoms with Crippen molar-refractivity contribution < 1.29 is 32.2 Å². The molecule has 3 heterocycles. The highest BCUT2D eigenvalue weighted by Crippen LogP contribution is 2.38. The number of benzene rings is 1. The number of likely N-dealkylation sites (tertiary alicyclic amines) is 1. The zero-order valence-corrected chi connectivity index (χ0v) is 25.2. The van der Waals surface area contributed by atoms with E-state index in [2.05, 4.69) is 34.2 Å². The lowest BCUT2D eigenvalue weighted by Crippen LogP contribution is -2.47. The van der Waals surface area contributed by atoms with Crippen LogP contribution in [0.25, 0.3) is 16.7 Å². The molecule has 3 aliphatic rings. The van der Waals surface area contributed by atoms with E-state index >= 15 is 0 Å². The fraction of sp³-hybridized carbons (Fsp3) is 0.364. The number of nitrogens with one attached hydrogen (secondary N) is 3. The summed E-state index contributed by atoms with van der Waals surface area (Å²) in [6.45, 7) is 1.92. The van der Waals surface area contributed by atoms with Gasteiger partial charge in [0.2, 0.25) is 0 Å². The quantitative estimate of drug-likeness (QED) is 0.317. The molecule has 1 fully saturated rings. The Morgan fingerprint density at radius 2 is 1.91 bits per heavy atom. The number of amides is 2. The van der Waals surface area contributed by atoms with Gasteiger partial charge in [-0.3, -0.25) is 10.1 Å². The van der Waals surface area contributed by atoms with Crippen LogP contribution in [0.2, 0.25) is 0 Å². The molecule has 1 aromatic heterocycles. The van der Waals surface area contributed by atoms with E-state index in [1.807, 2.05) is 18.2 Å². The van der Waals surface area contributed by atoms with Crippen molar-refractivity contribution in [1.29, 1.82) is 0 Å². The monoisotopic (exact) mass is 623 g/mol. The molecule has 45 heavy (non-hydrogen) atoms. The zero-order valence-electron chi connectivity index (χ0n) is 25.2. The number of hydrogen-bond donors (Lipinski definition) is 3. The van der Waals surface area contributed by atoms with Gasteiger partial charge in [0.1, 0.15) is 11.6 Å². The van der Waals surface area contributed by atoms with Crippen LogP contribution < -0.4 is 16.0 Å². The van der Waals surface area contributed by atoms with Crippen LogP contribution in [0.5, 0.6) is 0 Å². The van der Waals surface area contributed by atoms with E-state index in [4.69, 9.17) is 14.5 Å². The number of alkyl halides is 3. The number of nitrogens with zero attached hydrogens (tertiary/aromatic N) is 2. The third-order valence-electron chi connectivity index (χ3n) is 7.84. The lowest BCUT2D eigenvalue weighted by molar-refractivity contribution is -0.126. The van der Waals surface area contributed by atoms with E-state index < -0.39 is 18.8 Å². The first kappa shape index (κ1) is 31.8. The first-order valence-corrected chi connectivity index (χ1v) is 14.9. The molecule has 0 atom stereocenters. The van der Waals surface area contributed by atoms with Crippen molar-refractivity contribution in [3.05, 3.63) is 83.3 Å². The maximum absolute atomic E-state index is 13.8. The molecule has 0 radical (unpaired) electrons. The molecule has 2 aromatic rings. The van der Waals surface area contributed by atoms with Gasteiger partial charge in [-0.05, 0) is 61.6 Å². The van der Waals surface area contributed by atoms with Gasteiger partial charge in [0.15, 0.2) is 0 Å². The van der Waals surface area contributed by atoms with Crippen LogP contribution in [0.4, 0.5) is 29.5 Å². The van der Waals surface area contributed by atoms with Crippen molar-refractivity contribution in [1.82, 2.24) is 15.2 Å². The normalized spacial score (nSPS) is 16.8. The van der Waals surface area contributed by atoms with Crippen LogP contribution in [-0.2, 0) is 9.47 Å². The molecule has 238 valence electrons. The van der Waals surface area contributed by atoms with Crippen molar-refractivity contribution >= 4 is 29.1 Å². The topological polar surface area (TPSA) is 105 Å². The Balaban J connectivity index is 1.44. The molecule has 0 saturated carbocycles. The number of carbonyl (C=O) groups excluding carboxylic acids is 2. The molecule has 12 heteroatoms. The summed E-state index contributed by atoms with van der Waals surface area (Å²) in [7, 11) is 1.64. The molecule has 0 spiro atoms. The summed E-state index contributed by atoms with van der Waals surface area (Å²) in [5.74, 6) is 1.13. The minimum atomic E-state index is -4.30. The molecule has 1 aromatic carbocycles. The smallest absolute Gasteiger partial charge is 0.411 e. The number of allylic oxidation sites excluding steroid dienone is 5. The number of aromatic nitrogens is 1. The van der Waals surface area contributed by atoms with E-state index in [1.165, 1.54) is 0 Å².